The first-order valence-electron chi connectivity index (χ1n) is 2.88. The molecule has 0 spiro atoms. The highest BCUT2D eigenvalue weighted by molar-refractivity contribution is 5.69. The number of hydrogen-bond acceptors (Lipinski definition) is 3. The van der Waals surface area contributed by atoms with Crippen LogP contribution < -0.4 is 0 Å². The van der Waals surface area contributed by atoms with Crippen molar-refractivity contribution in [2.45, 2.75) is 13.3 Å². The van der Waals surface area contributed by atoms with Crippen LogP contribution in [-0.2, 0) is 4.79 Å². The Kier molecular flexibility index (Phi) is 3.38. The van der Waals surface area contributed by atoms with E-state index in [-0.39, 0.29) is 13.0 Å². The molecule has 1 atom stereocenters. The number of nitrogens with zero attached hydrogens (tertiary/aromatic N) is 1. The summed E-state index contributed by atoms with van der Waals surface area (Å²) < 4.78 is 0. The van der Waals surface area contributed by atoms with E-state index in [0.29, 0.717) is 0 Å². The van der Waals surface area contributed by atoms with E-state index >= 15 is 0 Å². The van der Waals surface area contributed by atoms with Crippen molar-refractivity contribution in [2.75, 3.05) is 6.54 Å². The first-order valence-corrected chi connectivity index (χ1v) is 2.88. The largest absolute Gasteiger partial charge is 0.481 e. The summed E-state index contributed by atoms with van der Waals surface area (Å²) >= 11 is 0. The van der Waals surface area contributed by atoms with Crippen LogP contribution in [0.2, 0.25) is 0 Å². The van der Waals surface area contributed by atoms with Gasteiger partial charge in [0.05, 0.1) is 5.92 Å². The van der Waals surface area contributed by atoms with Gasteiger partial charge in [0.15, 0.2) is 0 Å². The number of hydrogen-bond donors (Lipinski definition) is 1. The van der Waals surface area contributed by atoms with Gasteiger partial charge in [0.25, 0.3) is 0 Å². The summed E-state index contributed by atoms with van der Waals surface area (Å²) in [4.78, 5) is 19.3. The molecule has 0 aromatic carbocycles. The van der Waals surface area contributed by atoms with E-state index in [1.807, 2.05) is 0 Å². The predicted molar refractivity (Wildman–Crippen MR) is 33.3 cm³/mol. The highest BCUT2D eigenvalue weighted by Gasteiger charge is 2.12. The van der Waals surface area contributed by atoms with Gasteiger partial charge in [-0.15, -0.1) is 0 Å². The smallest absolute Gasteiger partial charge is 0.306 e. The highest BCUT2D eigenvalue weighted by atomic mass is 16.6. The quantitative estimate of drug-likeness (QED) is 0.460. The number of carboxylic acid groups (broad SMARTS) is 1. The molecule has 0 radical (unpaired) electrons. The summed E-state index contributed by atoms with van der Waals surface area (Å²) in [6, 6.07) is 0. The van der Waals surface area contributed by atoms with E-state index in [0.717, 1.165) is 0 Å². The molecule has 5 nitrogen and oxygen atoms in total. The molecule has 0 saturated heterocycles. The van der Waals surface area contributed by atoms with Crippen LogP contribution in [0.3, 0.4) is 0 Å². The molecule has 0 rings (SSSR count). The van der Waals surface area contributed by atoms with Gasteiger partial charge in [0.2, 0.25) is 6.54 Å². The van der Waals surface area contributed by atoms with Crippen LogP contribution in [-0.4, -0.2) is 22.5 Å². The summed E-state index contributed by atoms with van der Waals surface area (Å²) in [6.07, 6.45) is 0.0995. The molecule has 0 aromatic rings. The van der Waals surface area contributed by atoms with Crippen molar-refractivity contribution in [3.8, 4) is 0 Å². The number of carbonyl (C=O) groups is 1. The van der Waals surface area contributed by atoms with Gasteiger partial charge in [-0.3, -0.25) is 14.9 Å². The molecule has 1 N–H and O–H groups in total. The maximum Gasteiger partial charge on any atom is 0.306 e. The van der Waals surface area contributed by atoms with Gasteiger partial charge in [-0.1, -0.05) is 6.92 Å². The number of carboxylic acids is 1. The second-order valence-corrected chi connectivity index (χ2v) is 2.08. The van der Waals surface area contributed by atoms with E-state index in [4.69, 9.17) is 5.11 Å². The van der Waals surface area contributed by atoms with Gasteiger partial charge >= 0.3 is 5.97 Å². The molecule has 0 fully saturated rings. The zero-order valence-electron chi connectivity index (χ0n) is 5.61. The minimum Gasteiger partial charge on any atom is -0.481 e. The Morgan fingerprint density at radius 3 is 2.60 bits per heavy atom. The second kappa shape index (κ2) is 3.81. The van der Waals surface area contributed by atoms with E-state index in [2.05, 4.69) is 0 Å². The van der Waals surface area contributed by atoms with E-state index in [1.54, 1.807) is 0 Å². The molecule has 0 aliphatic rings. The van der Waals surface area contributed by atoms with Crippen molar-refractivity contribution in [1.82, 2.24) is 0 Å². The molecule has 0 heterocycles. The fraction of sp³-hybridized carbons (Fsp3) is 0.800. The Morgan fingerprint density at radius 2 is 2.30 bits per heavy atom. The van der Waals surface area contributed by atoms with Crippen molar-refractivity contribution in [1.29, 1.82) is 0 Å². The zero-order chi connectivity index (χ0) is 8.15. The molecule has 0 aliphatic carbocycles. The third-order valence-corrected chi connectivity index (χ3v) is 1.17. The van der Waals surface area contributed by atoms with Crippen molar-refractivity contribution < 1.29 is 14.8 Å². The van der Waals surface area contributed by atoms with Crippen molar-refractivity contribution >= 4 is 5.97 Å². The lowest BCUT2D eigenvalue weighted by atomic mass is 10.1. The van der Waals surface area contributed by atoms with Gasteiger partial charge in [-0.05, 0) is 0 Å². The highest BCUT2D eigenvalue weighted by Crippen LogP contribution is 2.00. The molecule has 0 bridgehead atoms. The summed E-state index contributed by atoms with van der Waals surface area (Å²) in [7, 11) is 0. The third kappa shape index (κ3) is 3.82. The topological polar surface area (TPSA) is 80.4 Å². The maximum atomic E-state index is 10.1. The van der Waals surface area contributed by atoms with Crippen molar-refractivity contribution in [3.63, 3.8) is 0 Å². The van der Waals surface area contributed by atoms with Gasteiger partial charge < -0.3 is 5.11 Å². The van der Waals surface area contributed by atoms with E-state index < -0.39 is 16.8 Å². The maximum absolute atomic E-state index is 10.1. The SMILES string of the molecule is C[C@H](CC[N+](=O)[O-])C(=O)O. The summed E-state index contributed by atoms with van der Waals surface area (Å²) in [6.45, 7) is 1.18. The zero-order valence-corrected chi connectivity index (χ0v) is 5.61. The fourth-order valence-electron chi connectivity index (χ4n) is 0.423. The predicted octanol–water partition coefficient (Wildman–Crippen LogP) is 0.374. The van der Waals surface area contributed by atoms with Crippen LogP contribution in [0.15, 0.2) is 0 Å². The lowest BCUT2D eigenvalue weighted by Crippen LogP contribution is -2.14. The first-order chi connectivity index (χ1) is 4.54. The van der Waals surface area contributed by atoms with Crippen LogP contribution in [0.5, 0.6) is 0 Å². The Balaban J connectivity index is 3.49. The molecule has 10 heavy (non-hydrogen) atoms. The van der Waals surface area contributed by atoms with E-state index in [9.17, 15) is 14.9 Å². The minimum atomic E-state index is -0.984. The van der Waals surface area contributed by atoms with Crippen LogP contribution in [0.1, 0.15) is 13.3 Å². The molecule has 0 unspecified atom stereocenters. The number of nitro groups is 1. The lowest BCUT2D eigenvalue weighted by molar-refractivity contribution is -0.481. The molecule has 5 heteroatoms. The Labute approximate surface area is 57.8 Å². The van der Waals surface area contributed by atoms with Crippen molar-refractivity contribution in [2.24, 2.45) is 5.92 Å². The average molecular weight is 147 g/mol. The fourth-order valence-corrected chi connectivity index (χ4v) is 0.423. The molecule has 0 saturated carbocycles. The van der Waals surface area contributed by atoms with Crippen molar-refractivity contribution in [3.05, 3.63) is 10.1 Å². The number of aliphatic carboxylic acids is 1. The van der Waals surface area contributed by atoms with Crippen LogP contribution >= 0.6 is 0 Å². The summed E-state index contributed by atoms with van der Waals surface area (Å²) in [5, 5.41) is 18.0. The van der Waals surface area contributed by atoms with Gasteiger partial charge in [-0.2, -0.15) is 0 Å². The normalized spacial score (nSPS) is 12.5. The van der Waals surface area contributed by atoms with Gasteiger partial charge in [0.1, 0.15) is 0 Å². The van der Waals surface area contributed by atoms with Crippen LogP contribution in [0.4, 0.5) is 0 Å². The summed E-state index contributed by atoms with van der Waals surface area (Å²) in [5.74, 6) is -1.60. The number of rotatable bonds is 4. The Morgan fingerprint density at radius 1 is 1.80 bits per heavy atom. The third-order valence-electron chi connectivity index (χ3n) is 1.17. The monoisotopic (exact) mass is 147 g/mol. The van der Waals surface area contributed by atoms with Gasteiger partial charge in [0, 0.05) is 11.3 Å². The summed E-state index contributed by atoms with van der Waals surface area (Å²) in [5.41, 5.74) is 0. The molecule has 58 valence electrons. The van der Waals surface area contributed by atoms with Crippen LogP contribution in [0, 0.1) is 16.0 Å². The second-order valence-electron chi connectivity index (χ2n) is 2.08. The lowest BCUT2D eigenvalue weighted by Gasteiger charge is -1.99. The first kappa shape index (κ1) is 8.87. The molecule has 0 aromatic heterocycles. The molecular formula is C5H9NO4. The Bertz CT molecular complexity index is 145. The average Bonchev–Trinajstić information content (AvgIpc) is 1.82. The Hall–Kier alpha value is -1.13. The van der Waals surface area contributed by atoms with Gasteiger partial charge in [-0.25, -0.2) is 0 Å². The van der Waals surface area contributed by atoms with Crippen LogP contribution in [0.25, 0.3) is 0 Å². The standard InChI is InChI=1S/C5H9NO4/c1-4(5(7)8)2-3-6(9)10/h4H,2-3H2,1H3,(H,7,8)/t4-/m1/s1. The molecular weight excluding hydrogens is 138 g/mol. The molecule has 0 amide bonds. The van der Waals surface area contributed by atoms with E-state index in [1.165, 1.54) is 6.92 Å². The molecule has 0 aliphatic heterocycles. The minimum absolute atomic E-state index is 0.0995.